The fourth-order valence-corrected chi connectivity index (χ4v) is 3.13. The molecule has 1 aliphatic rings. The molecule has 1 saturated carbocycles. The zero-order valence-electron chi connectivity index (χ0n) is 9.84. The van der Waals surface area contributed by atoms with Gasteiger partial charge in [0.1, 0.15) is 0 Å². The van der Waals surface area contributed by atoms with E-state index in [-0.39, 0.29) is 0 Å². The smallest absolute Gasteiger partial charge is 0.183 e. The highest BCUT2D eigenvalue weighted by Crippen LogP contribution is 2.39. The Labute approximate surface area is 96.1 Å². The van der Waals surface area contributed by atoms with Crippen molar-refractivity contribution in [3.05, 3.63) is 11.1 Å². The predicted octanol–water partition coefficient (Wildman–Crippen LogP) is 3.70. The van der Waals surface area contributed by atoms with Crippen LogP contribution >= 0.6 is 11.3 Å². The lowest BCUT2D eigenvalue weighted by Gasteiger charge is -2.27. The van der Waals surface area contributed by atoms with Gasteiger partial charge in [-0.1, -0.05) is 27.2 Å². The van der Waals surface area contributed by atoms with Gasteiger partial charge in [-0.2, -0.15) is 0 Å². The number of thiazole rings is 1. The third-order valence-corrected chi connectivity index (χ3v) is 4.29. The van der Waals surface area contributed by atoms with E-state index in [1.54, 1.807) is 11.3 Å². The highest BCUT2D eigenvalue weighted by atomic mass is 32.1. The summed E-state index contributed by atoms with van der Waals surface area (Å²) in [6.45, 7) is 6.86. The maximum absolute atomic E-state index is 4.57. The Hall–Kier alpha value is -0.570. The molecule has 0 radical (unpaired) electrons. The lowest BCUT2D eigenvalue weighted by atomic mass is 9.87. The van der Waals surface area contributed by atoms with Crippen molar-refractivity contribution in [3.63, 3.8) is 0 Å². The Morgan fingerprint density at radius 1 is 1.60 bits per heavy atom. The molecule has 1 N–H and O–H groups in total. The largest absolute Gasteiger partial charge is 0.358 e. The number of aryl methyl sites for hydroxylation is 1. The van der Waals surface area contributed by atoms with Crippen molar-refractivity contribution in [3.8, 4) is 0 Å². The van der Waals surface area contributed by atoms with Crippen molar-refractivity contribution in [2.24, 2.45) is 5.41 Å². The van der Waals surface area contributed by atoms with Crippen LogP contribution in [0.5, 0.6) is 0 Å². The molecule has 2 rings (SSSR count). The van der Waals surface area contributed by atoms with E-state index in [1.165, 1.54) is 25.0 Å². The van der Waals surface area contributed by atoms with Crippen LogP contribution < -0.4 is 5.32 Å². The van der Waals surface area contributed by atoms with Crippen molar-refractivity contribution < 1.29 is 0 Å². The van der Waals surface area contributed by atoms with Crippen molar-refractivity contribution in [1.82, 2.24) is 4.98 Å². The Morgan fingerprint density at radius 3 is 2.93 bits per heavy atom. The summed E-state index contributed by atoms with van der Waals surface area (Å²) in [5.74, 6) is 0. The van der Waals surface area contributed by atoms with Crippen molar-refractivity contribution in [2.75, 3.05) is 5.32 Å². The van der Waals surface area contributed by atoms with E-state index in [0.29, 0.717) is 11.5 Å². The molecule has 84 valence electrons. The molecule has 0 amide bonds. The molecule has 0 aromatic carbocycles. The van der Waals surface area contributed by atoms with Crippen LogP contribution in [0.25, 0.3) is 0 Å². The van der Waals surface area contributed by atoms with Crippen LogP contribution in [0.15, 0.2) is 5.38 Å². The molecular weight excluding hydrogens is 204 g/mol. The predicted molar refractivity (Wildman–Crippen MR) is 66.5 cm³/mol. The first-order valence-corrected chi connectivity index (χ1v) is 6.71. The van der Waals surface area contributed by atoms with Crippen LogP contribution in [0.3, 0.4) is 0 Å². The zero-order chi connectivity index (χ0) is 10.9. The number of anilines is 1. The molecule has 2 nitrogen and oxygen atoms in total. The van der Waals surface area contributed by atoms with E-state index in [9.17, 15) is 0 Å². The minimum atomic E-state index is 0.429. The Morgan fingerprint density at radius 2 is 2.40 bits per heavy atom. The van der Waals surface area contributed by atoms with Gasteiger partial charge in [-0.05, 0) is 24.7 Å². The third-order valence-electron chi connectivity index (χ3n) is 3.47. The summed E-state index contributed by atoms with van der Waals surface area (Å²) < 4.78 is 0. The summed E-state index contributed by atoms with van der Waals surface area (Å²) in [7, 11) is 0. The fourth-order valence-electron chi connectivity index (χ4n) is 2.28. The number of aromatic nitrogens is 1. The SMILES string of the molecule is CCc1csc(NC2CCCC2(C)C)n1. The second kappa shape index (κ2) is 4.12. The number of hydrogen-bond acceptors (Lipinski definition) is 3. The van der Waals surface area contributed by atoms with Crippen molar-refractivity contribution >= 4 is 16.5 Å². The van der Waals surface area contributed by atoms with E-state index in [1.807, 2.05) is 0 Å². The monoisotopic (exact) mass is 224 g/mol. The summed E-state index contributed by atoms with van der Waals surface area (Å²) in [6.07, 6.45) is 4.99. The van der Waals surface area contributed by atoms with Gasteiger partial charge in [0.15, 0.2) is 5.13 Å². The number of nitrogens with zero attached hydrogens (tertiary/aromatic N) is 1. The maximum atomic E-state index is 4.57. The third kappa shape index (κ3) is 2.33. The molecule has 0 aliphatic heterocycles. The lowest BCUT2D eigenvalue weighted by Crippen LogP contribution is -2.30. The number of rotatable bonds is 3. The average molecular weight is 224 g/mol. The van der Waals surface area contributed by atoms with Gasteiger partial charge < -0.3 is 5.32 Å². The maximum Gasteiger partial charge on any atom is 0.183 e. The van der Waals surface area contributed by atoms with Gasteiger partial charge in [0.25, 0.3) is 0 Å². The molecule has 15 heavy (non-hydrogen) atoms. The Kier molecular flexibility index (Phi) is 3.01. The van der Waals surface area contributed by atoms with Crippen LogP contribution in [-0.4, -0.2) is 11.0 Å². The van der Waals surface area contributed by atoms with Gasteiger partial charge in [-0.25, -0.2) is 4.98 Å². The first-order valence-electron chi connectivity index (χ1n) is 5.83. The van der Waals surface area contributed by atoms with Crippen LogP contribution in [0, 0.1) is 5.41 Å². The average Bonchev–Trinajstić information content (AvgIpc) is 2.75. The highest BCUT2D eigenvalue weighted by molar-refractivity contribution is 7.13. The van der Waals surface area contributed by atoms with E-state index in [2.05, 4.69) is 36.5 Å². The first kappa shape index (κ1) is 10.9. The molecule has 1 aliphatic carbocycles. The topological polar surface area (TPSA) is 24.9 Å². The fraction of sp³-hybridized carbons (Fsp3) is 0.750. The minimum absolute atomic E-state index is 0.429. The molecule has 1 aromatic rings. The molecule has 1 atom stereocenters. The molecule has 1 heterocycles. The van der Waals surface area contributed by atoms with E-state index >= 15 is 0 Å². The van der Waals surface area contributed by atoms with E-state index in [0.717, 1.165) is 11.6 Å². The molecule has 0 bridgehead atoms. The summed E-state index contributed by atoms with van der Waals surface area (Å²) in [5, 5.41) is 6.85. The Bertz CT molecular complexity index is 330. The van der Waals surface area contributed by atoms with E-state index < -0.39 is 0 Å². The van der Waals surface area contributed by atoms with Gasteiger partial charge in [0.05, 0.1) is 5.69 Å². The van der Waals surface area contributed by atoms with E-state index in [4.69, 9.17) is 0 Å². The normalized spacial score (nSPS) is 24.3. The summed E-state index contributed by atoms with van der Waals surface area (Å²) in [6, 6.07) is 0.605. The van der Waals surface area contributed by atoms with Crippen LogP contribution in [0.4, 0.5) is 5.13 Å². The van der Waals surface area contributed by atoms with Gasteiger partial charge in [-0.15, -0.1) is 11.3 Å². The highest BCUT2D eigenvalue weighted by Gasteiger charge is 2.34. The molecule has 0 spiro atoms. The van der Waals surface area contributed by atoms with Crippen molar-refractivity contribution in [1.29, 1.82) is 0 Å². The molecular formula is C12H20N2S. The van der Waals surface area contributed by atoms with Crippen molar-refractivity contribution in [2.45, 2.75) is 52.5 Å². The number of hydrogen-bond donors (Lipinski definition) is 1. The quantitative estimate of drug-likeness (QED) is 0.847. The second-order valence-corrected chi connectivity index (χ2v) is 5.93. The lowest BCUT2D eigenvalue weighted by molar-refractivity contribution is 0.350. The van der Waals surface area contributed by atoms with Gasteiger partial charge in [-0.3, -0.25) is 0 Å². The Balaban J connectivity index is 2.02. The van der Waals surface area contributed by atoms with Gasteiger partial charge in [0.2, 0.25) is 0 Å². The molecule has 1 fully saturated rings. The van der Waals surface area contributed by atoms with Gasteiger partial charge >= 0.3 is 0 Å². The molecule has 3 heteroatoms. The summed E-state index contributed by atoms with van der Waals surface area (Å²) in [5.41, 5.74) is 1.64. The van der Waals surface area contributed by atoms with Gasteiger partial charge in [0, 0.05) is 11.4 Å². The van der Waals surface area contributed by atoms with Crippen LogP contribution in [0.2, 0.25) is 0 Å². The second-order valence-electron chi connectivity index (χ2n) is 5.08. The molecule has 0 saturated heterocycles. The molecule has 1 unspecified atom stereocenters. The summed E-state index contributed by atoms with van der Waals surface area (Å²) in [4.78, 5) is 4.57. The molecule has 1 aromatic heterocycles. The minimum Gasteiger partial charge on any atom is -0.358 e. The summed E-state index contributed by atoms with van der Waals surface area (Å²) >= 11 is 1.74. The number of nitrogens with one attached hydrogen (secondary N) is 1. The zero-order valence-corrected chi connectivity index (χ0v) is 10.7. The standard InChI is InChI=1S/C12H20N2S/c1-4-9-8-15-11(13-9)14-10-6-5-7-12(10,2)3/h8,10H,4-7H2,1-3H3,(H,13,14). The first-order chi connectivity index (χ1) is 7.12. The van der Waals surface area contributed by atoms with Crippen LogP contribution in [-0.2, 0) is 6.42 Å². The van der Waals surface area contributed by atoms with Crippen LogP contribution in [0.1, 0.15) is 45.7 Å².